The summed E-state index contributed by atoms with van der Waals surface area (Å²) < 4.78 is 33.6. The first-order chi connectivity index (χ1) is 29.4. The number of phosphoric ester groups is 1. The van der Waals surface area contributed by atoms with Crippen molar-refractivity contribution in [2.75, 3.05) is 33.0 Å². The fourth-order valence-electron chi connectivity index (χ4n) is 7.82. The molecule has 0 aliphatic carbocycles. The third-order valence-corrected chi connectivity index (χ3v) is 12.7. The van der Waals surface area contributed by atoms with Crippen molar-refractivity contribution in [1.82, 2.24) is 0 Å². The lowest BCUT2D eigenvalue weighted by atomic mass is 10.0. The maximum absolute atomic E-state index is 12.7. The molecule has 3 N–H and O–H groups in total. The summed E-state index contributed by atoms with van der Waals surface area (Å²) in [6, 6.07) is 0. The van der Waals surface area contributed by atoms with E-state index in [1.165, 1.54) is 218 Å². The Kier molecular flexibility index (Phi) is 48.6. The summed E-state index contributed by atoms with van der Waals surface area (Å²) in [5.74, 6) is -0.323. The van der Waals surface area contributed by atoms with E-state index < -0.39 is 13.9 Å². The van der Waals surface area contributed by atoms with Crippen molar-refractivity contribution in [2.45, 2.75) is 277 Å². The molecule has 0 amide bonds. The van der Waals surface area contributed by atoms with Crippen molar-refractivity contribution >= 4 is 13.8 Å². The number of unbranched alkanes of at least 4 members (excludes halogenated alkanes) is 36. The quantitative estimate of drug-likeness (QED) is 0.0269. The van der Waals surface area contributed by atoms with E-state index >= 15 is 0 Å². The second kappa shape index (κ2) is 49.3. The molecule has 0 saturated carbocycles. The first kappa shape index (κ1) is 59.2. The molecule has 0 saturated heterocycles. The number of carbonyl (C=O) groups excluding carboxylic acids is 1. The molecule has 9 heteroatoms. The highest BCUT2D eigenvalue weighted by Gasteiger charge is 2.25. The average molecular weight is 872 g/mol. The summed E-state index contributed by atoms with van der Waals surface area (Å²) in [6.45, 7) is 4.99. The van der Waals surface area contributed by atoms with Crippen LogP contribution >= 0.6 is 7.82 Å². The number of phosphoric acid groups is 1. The van der Waals surface area contributed by atoms with Crippen molar-refractivity contribution in [1.29, 1.82) is 0 Å². The molecule has 0 aromatic heterocycles. The maximum atomic E-state index is 12.7. The van der Waals surface area contributed by atoms with Gasteiger partial charge in [0.1, 0.15) is 6.10 Å². The van der Waals surface area contributed by atoms with Gasteiger partial charge in [0.15, 0.2) is 0 Å². The van der Waals surface area contributed by atoms with Gasteiger partial charge in [-0.25, -0.2) is 4.57 Å². The van der Waals surface area contributed by atoms with E-state index in [-0.39, 0.29) is 32.3 Å². The van der Waals surface area contributed by atoms with Crippen molar-refractivity contribution in [3.05, 3.63) is 12.2 Å². The number of carbonyl (C=O) groups is 1. The van der Waals surface area contributed by atoms with E-state index in [9.17, 15) is 14.3 Å². The minimum absolute atomic E-state index is 0.0918. The standard InChI is InChI=1S/C51H102NO7P/c1-3-5-7-9-11-13-15-17-19-21-23-24-25-27-29-31-33-35-37-39-41-43-46-56-48-50(49-58-60(54,55)57-47-45-52)59-51(53)44-42-40-38-36-34-32-30-28-26-22-20-18-16-14-12-10-8-6-4-2/h21,23,50H,3-20,22,24-49,52H2,1-2H3,(H,54,55)/b23-21-. The Labute approximate surface area is 373 Å². The number of hydrogen-bond acceptors (Lipinski definition) is 7. The number of hydrogen-bond donors (Lipinski definition) is 2. The van der Waals surface area contributed by atoms with Gasteiger partial charge in [0, 0.05) is 19.6 Å². The van der Waals surface area contributed by atoms with Crippen LogP contribution in [0.2, 0.25) is 0 Å². The van der Waals surface area contributed by atoms with E-state index in [1.807, 2.05) is 0 Å². The zero-order chi connectivity index (χ0) is 43.7. The largest absolute Gasteiger partial charge is 0.472 e. The first-order valence-electron chi connectivity index (χ1n) is 26.2. The molecule has 0 fully saturated rings. The van der Waals surface area contributed by atoms with Crippen LogP contribution in [-0.4, -0.2) is 49.9 Å². The van der Waals surface area contributed by atoms with Gasteiger partial charge in [-0.05, 0) is 38.5 Å². The van der Waals surface area contributed by atoms with E-state index in [4.69, 9.17) is 24.3 Å². The summed E-state index contributed by atoms with van der Waals surface area (Å²) in [5.41, 5.74) is 5.39. The van der Waals surface area contributed by atoms with Crippen LogP contribution in [0.15, 0.2) is 12.2 Å². The molecule has 0 spiro atoms. The summed E-state index contributed by atoms with van der Waals surface area (Å²) in [7, 11) is -4.28. The van der Waals surface area contributed by atoms with Gasteiger partial charge in [0.25, 0.3) is 0 Å². The SMILES string of the molecule is CCCCCCCCCC/C=C\CCCCCCCCCCCCOCC(COP(=O)(O)OCCN)OC(=O)CCCCCCCCCCCCCCCCCCCCC. The number of esters is 1. The third-order valence-electron chi connectivity index (χ3n) is 11.7. The highest BCUT2D eigenvalue weighted by Crippen LogP contribution is 2.43. The van der Waals surface area contributed by atoms with E-state index in [0.717, 1.165) is 32.1 Å². The van der Waals surface area contributed by atoms with Crippen LogP contribution in [0.3, 0.4) is 0 Å². The van der Waals surface area contributed by atoms with Crippen molar-refractivity contribution in [2.24, 2.45) is 5.73 Å². The van der Waals surface area contributed by atoms with Gasteiger partial charge in [0.2, 0.25) is 0 Å². The number of rotatable bonds is 51. The summed E-state index contributed by atoms with van der Waals surface area (Å²) >= 11 is 0. The molecule has 358 valence electrons. The topological polar surface area (TPSA) is 117 Å². The van der Waals surface area contributed by atoms with Crippen molar-refractivity contribution in [3.63, 3.8) is 0 Å². The van der Waals surface area contributed by atoms with E-state index in [1.54, 1.807) is 0 Å². The lowest BCUT2D eigenvalue weighted by molar-refractivity contribution is -0.154. The second-order valence-corrected chi connectivity index (χ2v) is 19.2. The van der Waals surface area contributed by atoms with Gasteiger partial charge in [-0.3, -0.25) is 13.8 Å². The van der Waals surface area contributed by atoms with Crippen LogP contribution in [0.25, 0.3) is 0 Å². The summed E-state index contributed by atoms with van der Waals surface area (Å²) in [5, 5.41) is 0. The Morgan fingerprint density at radius 3 is 1.22 bits per heavy atom. The monoisotopic (exact) mass is 872 g/mol. The van der Waals surface area contributed by atoms with Crippen LogP contribution in [0.1, 0.15) is 271 Å². The van der Waals surface area contributed by atoms with Crippen LogP contribution < -0.4 is 5.73 Å². The van der Waals surface area contributed by atoms with E-state index in [0.29, 0.717) is 13.0 Å². The molecule has 2 unspecified atom stereocenters. The number of nitrogens with two attached hydrogens (primary N) is 1. The molecule has 0 aromatic carbocycles. The molecule has 0 heterocycles. The Hall–Kier alpha value is -0.760. The number of allylic oxidation sites excluding steroid dienone is 2. The highest BCUT2D eigenvalue weighted by atomic mass is 31.2. The maximum Gasteiger partial charge on any atom is 0.472 e. The van der Waals surface area contributed by atoms with E-state index in [2.05, 4.69) is 26.0 Å². The van der Waals surface area contributed by atoms with Crippen LogP contribution in [0.4, 0.5) is 0 Å². The van der Waals surface area contributed by atoms with Gasteiger partial charge in [0.05, 0.1) is 19.8 Å². The molecule has 0 aromatic rings. The molecule has 0 rings (SSSR count). The van der Waals surface area contributed by atoms with Gasteiger partial charge in [-0.2, -0.15) is 0 Å². The highest BCUT2D eigenvalue weighted by molar-refractivity contribution is 7.47. The van der Waals surface area contributed by atoms with Crippen LogP contribution in [-0.2, 0) is 27.9 Å². The third kappa shape index (κ3) is 48.3. The Bertz CT molecular complexity index is 935. The average Bonchev–Trinajstić information content (AvgIpc) is 3.24. The van der Waals surface area contributed by atoms with Crippen molar-refractivity contribution < 1.29 is 32.8 Å². The molecular formula is C51H102NO7P. The zero-order valence-corrected chi connectivity index (χ0v) is 40.9. The Balaban J connectivity index is 3.89. The first-order valence-corrected chi connectivity index (χ1v) is 27.7. The minimum Gasteiger partial charge on any atom is -0.457 e. The Morgan fingerprint density at radius 1 is 0.483 bits per heavy atom. The van der Waals surface area contributed by atoms with Gasteiger partial charge >= 0.3 is 13.8 Å². The summed E-state index contributed by atoms with van der Waals surface area (Å²) in [4.78, 5) is 22.6. The fraction of sp³-hybridized carbons (Fsp3) is 0.941. The molecule has 0 bridgehead atoms. The summed E-state index contributed by atoms with van der Waals surface area (Å²) in [6.07, 6.45) is 55.3. The minimum atomic E-state index is -4.28. The molecule has 2 atom stereocenters. The number of ether oxygens (including phenoxy) is 2. The predicted molar refractivity (Wildman–Crippen MR) is 257 cm³/mol. The Morgan fingerprint density at radius 2 is 0.833 bits per heavy atom. The molecule has 0 radical (unpaired) electrons. The van der Waals surface area contributed by atoms with Crippen molar-refractivity contribution in [3.8, 4) is 0 Å². The normalized spacial score (nSPS) is 13.3. The predicted octanol–water partition coefficient (Wildman–Crippen LogP) is 16.2. The van der Waals surface area contributed by atoms with Crippen LogP contribution in [0, 0.1) is 0 Å². The molecule has 8 nitrogen and oxygen atoms in total. The van der Waals surface area contributed by atoms with Gasteiger partial charge < -0.3 is 20.1 Å². The molecular weight excluding hydrogens is 770 g/mol. The zero-order valence-electron chi connectivity index (χ0n) is 40.0. The lowest BCUT2D eigenvalue weighted by Gasteiger charge is -2.20. The van der Waals surface area contributed by atoms with Gasteiger partial charge in [-0.15, -0.1) is 0 Å². The van der Waals surface area contributed by atoms with Crippen LogP contribution in [0.5, 0.6) is 0 Å². The fourth-order valence-corrected chi connectivity index (χ4v) is 8.58. The molecule has 60 heavy (non-hydrogen) atoms. The van der Waals surface area contributed by atoms with Gasteiger partial charge in [-0.1, -0.05) is 238 Å². The smallest absolute Gasteiger partial charge is 0.457 e. The second-order valence-electron chi connectivity index (χ2n) is 17.7. The molecule has 0 aliphatic rings. The lowest BCUT2D eigenvalue weighted by Crippen LogP contribution is -2.28. The molecule has 0 aliphatic heterocycles.